The second-order valence-electron chi connectivity index (χ2n) is 4.15. The van der Waals surface area contributed by atoms with Crippen LogP contribution >= 0.6 is 0 Å². The molecular formula is C14H23NO3. The van der Waals surface area contributed by atoms with E-state index in [0.717, 1.165) is 17.7 Å². The number of hydrogen-bond donors (Lipinski definition) is 1. The van der Waals surface area contributed by atoms with Crippen molar-refractivity contribution >= 4 is 0 Å². The molecule has 0 aliphatic heterocycles. The molecule has 0 fully saturated rings. The number of ether oxygens (including phenoxy) is 3. The molecule has 4 heteroatoms. The van der Waals surface area contributed by atoms with E-state index in [1.165, 1.54) is 0 Å². The van der Waals surface area contributed by atoms with Crippen molar-refractivity contribution in [2.45, 2.75) is 33.2 Å². The minimum Gasteiger partial charge on any atom is -0.490 e. The highest BCUT2D eigenvalue weighted by molar-refractivity contribution is 5.43. The lowest BCUT2D eigenvalue weighted by molar-refractivity contribution is 0.0206. The minimum absolute atomic E-state index is 0.134. The number of nitrogens with two attached hydrogens (primary N) is 1. The molecule has 0 saturated heterocycles. The van der Waals surface area contributed by atoms with Gasteiger partial charge in [0.2, 0.25) is 0 Å². The quantitative estimate of drug-likeness (QED) is 0.571. The summed E-state index contributed by atoms with van der Waals surface area (Å²) in [7, 11) is 0. The van der Waals surface area contributed by atoms with Crippen LogP contribution in [-0.2, 0) is 11.2 Å². The molecule has 1 aromatic rings. The molecule has 102 valence electrons. The van der Waals surface area contributed by atoms with Crippen molar-refractivity contribution in [2.24, 2.45) is 5.73 Å². The van der Waals surface area contributed by atoms with Crippen LogP contribution in [0.15, 0.2) is 18.2 Å². The van der Waals surface area contributed by atoms with Crippen LogP contribution in [0.4, 0.5) is 0 Å². The molecule has 1 aromatic carbocycles. The number of hydrogen-bond acceptors (Lipinski definition) is 4. The van der Waals surface area contributed by atoms with Gasteiger partial charge in [0.15, 0.2) is 18.3 Å². The van der Waals surface area contributed by atoms with Gasteiger partial charge >= 0.3 is 0 Å². The molecule has 0 bridgehead atoms. The van der Waals surface area contributed by atoms with E-state index in [0.29, 0.717) is 19.0 Å². The van der Waals surface area contributed by atoms with Crippen molar-refractivity contribution in [1.29, 1.82) is 0 Å². The summed E-state index contributed by atoms with van der Waals surface area (Å²) >= 11 is 0. The third-order valence-corrected chi connectivity index (χ3v) is 2.37. The van der Waals surface area contributed by atoms with Crippen molar-refractivity contribution in [2.75, 3.05) is 20.0 Å². The van der Waals surface area contributed by atoms with Gasteiger partial charge in [-0.2, -0.15) is 0 Å². The van der Waals surface area contributed by atoms with Crippen LogP contribution in [-0.4, -0.2) is 26.0 Å². The van der Waals surface area contributed by atoms with Crippen LogP contribution in [0.1, 0.15) is 26.3 Å². The Kier molecular flexibility index (Phi) is 6.54. The van der Waals surface area contributed by atoms with Crippen molar-refractivity contribution < 1.29 is 14.2 Å². The fourth-order valence-electron chi connectivity index (χ4n) is 1.63. The Morgan fingerprint density at radius 1 is 1.11 bits per heavy atom. The fourth-order valence-corrected chi connectivity index (χ4v) is 1.63. The zero-order valence-corrected chi connectivity index (χ0v) is 11.4. The molecule has 1 unspecified atom stereocenters. The van der Waals surface area contributed by atoms with Gasteiger partial charge in [0, 0.05) is 12.6 Å². The first-order chi connectivity index (χ1) is 8.67. The highest BCUT2D eigenvalue weighted by atomic mass is 16.7. The summed E-state index contributed by atoms with van der Waals surface area (Å²) in [6.07, 6.45) is 0.825. The molecule has 18 heavy (non-hydrogen) atoms. The molecule has 0 heterocycles. The first kappa shape index (κ1) is 14.8. The molecule has 4 nitrogen and oxygen atoms in total. The average molecular weight is 253 g/mol. The molecule has 2 N–H and O–H groups in total. The van der Waals surface area contributed by atoms with Crippen molar-refractivity contribution in [3.63, 3.8) is 0 Å². The third kappa shape index (κ3) is 4.94. The van der Waals surface area contributed by atoms with Crippen molar-refractivity contribution in [3.8, 4) is 11.5 Å². The van der Waals surface area contributed by atoms with E-state index >= 15 is 0 Å². The molecule has 0 spiro atoms. The molecule has 0 radical (unpaired) electrons. The Hall–Kier alpha value is -1.26. The van der Waals surface area contributed by atoms with Gasteiger partial charge in [0.05, 0.1) is 6.61 Å². The molecule has 0 aliphatic carbocycles. The monoisotopic (exact) mass is 253 g/mol. The maximum atomic E-state index is 5.79. The standard InChI is InChI=1S/C14H23NO3/c1-4-16-10-18-13-7-6-12(8-11(3)15)9-14(13)17-5-2/h6-7,9,11H,4-5,8,10,15H2,1-3H3. The molecule has 0 aliphatic rings. The summed E-state index contributed by atoms with van der Waals surface area (Å²) in [5.41, 5.74) is 6.94. The zero-order valence-electron chi connectivity index (χ0n) is 11.4. The van der Waals surface area contributed by atoms with Crippen molar-refractivity contribution in [3.05, 3.63) is 23.8 Å². The third-order valence-electron chi connectivity index (χ3n) is 2.37. The predicted molar refractivity (Wildman–Crippen MR) is 72.1 cm³/mol. The fraction of sp³-hybridized carbons (Fsp3) is 0.571. The molecule has 1 rings (SSSR count). The van der Waals surface area contributed by atoms with Gasteiger partial charge < -0.3 is 19.9 Å². The van der Waals surface area contributed by atoms with Crippen molar-refractivity contribution in [1.82, 2.24) is 0 Å². The minimum atomic E-state index is 0.134. The van der Waals surface area contributed by atoms with E-state index in [1.54, 1.807) is 0 Å². The Labute approximate surface area is 109 Å². The normalized spacial score (nSPS) is 12.2. The van der Waals surface area contributed by atoms with E-state index in [1.807, 2.05) is 39.0 Å². The van der Waals surface area contributed by atoms with Crippen LogP contribution in [0, 0.1) is 0 Å². The molecule has 1 atom stereocenters. The van der Waals surface area contributed by atoms with Gasteiger partial charge in [0.25, 0.3) is 0 Å². The van der Waals surface area contributed by atoms with Crippen LogP contribution in [0.2, 0.25) is 0 Å². The first-order valence-corrected chi connectivity index (χ1v) is 6.39. The maximum Gasteiger partial charge on any atom is 0.189 e. The second-order valence-corrected chi connectivity index (χ2v) is 4.15. The van der Waals surface area contributed by atoms with Gasteiger partial charge in [-0.25, -0.2) is 0 Å². The zero-order chi connectivity index (χ0) is 13.4. The molecule has 0 amide bonds. The maximum absolute atomic E-state index is 5.79. The highest BCUT2D eigenvalue weighted by Crippen LogP contribution is 2.28. The van der Waals surface area contributed by atoms with Crippen LogP contribution in [0.3, 0.4) is 0 Å². The first-order valence-electron chi connectivity index (χ1n) is 6.39. The number of rotatable bonds is 8. The lowest BCUT2D eigenvalue weighted by atomic mass is 10.1. The van der Waals surface area contributed by atoms with Crippen LogP contribution in [0.5, 0.6) is 11.5 Å². The van der Waals surface area contributed by atoms with Gasteiger partial charge in [-0.05, 0) is 44.9 Å². The lowest BCUT2D eigenvalue weighted by Gasteiger charge is -2.14. The summed E-state index contributed by atoms with van der Waals surface area (Å²) in [5, 5.41) is 0. The smallest absolute Gasteiger partial charge is 0.189 e. The van der Waals surface area contributed by atoms with Crippen LogP contribution in [0.25, 0.3) is 0 Å². The average Bonchev–Trinajstić information content (AvgIpc) is 2.32. The van der Waals surface area contributed by atoms with Gasteiger partial charge in [-0.1, -0.05) is 6.07 Å². The van der Waals surface area contributed by atoms with E-state index in [2.05, 4.69) is 0 Å². The molecule has 0 saturated carbocycles. The van der Waals surface area contributed by atoms with Gasteiger partial charge in [-0.3, -0.25) is 0 Å². The second kappa shape index (κ2) is 7.95. The Morgan fingerprint density at radius 2 is 1.89 bits per heavy atom. The van der Waals surface area contributed by atoms with E-state index < -0.39 is 0 Å². The Morgan fingerprint density at radius 3 is 2.50 bits per heavy atom. The largest absolute Gasteiger partial charge is 0.490 e. The summed E-state index contributed by atoms with van der Waals surface area (Å²) in [6, 6.07) is 6.03. The van der Waals surface area contributed by atoms with E-state index in [-0.39, 0.29) is 12.8 Å². The summed E-state index contributed by atoms with van der Waals surface area (Å²) in [4.78, 5) is 0. The van der Waals surface area contributed by atoms with Gasteiger partial charge in [0.1, 0.15) is 0 Å². The van der Waals surface area contributed by atoms with E-state index in [9.17, 15) is 0 Å². The number of benzene rings is 1. The topological polar surface area (TPSA) is 53.7 Å². The summed E-state index contributed by atoms with van der Waals surface area (Å²) in [6.45, 7) is 7.34. The highest BCUT2D eigenvalue weighted by Gasteiger charge is 2.07. The SMILES string of the molecule is CCOCOc1ccc(CC(C)N)cc1OCC. The van der Waals surface area contributed by atoms with Crippen LogP contribution < -0.4 is 15.2 Å². The Bertz CT molecular complexity index is 353. The molecular weight excluding hydrogens is 230 g/mol. The molecule has 0 aromatic heterocycles. The van der Waals surface area contributed by atoms with Gasteiger partial charge in [-0.15, -0.1) is 0 Å². The summed E-state index contributed by atoms with van der Waals surface area (Å²) in [5.74, 6) is 1.45. The Balaban J connectivity index is 2.75. The van der Waals surface area contributed by atoms with E-state index in [4.69, 9.17) is 19.9 Å². The summed E-state index contributed by atoms with van der Waals surface area (Å²) < 4.78 is 16.2. The predicted octanol–water partition coefficient (Wildman–Crippen LogP) is 2.35. The lowest BCUT2D eigenvalue weighted by Crippen LogP contribution is -2.17.